The smallest absolute Gasteiger partial charge is 0.307 e. The summed E-state index contributed by atoms with van der Waals surface area (Å²) in [6, 6.07) is 7.55. The maximum absolute atomic E-state index is 12.7. The second-order valence-corrected chi connectivity index (χ2v) is 7.60. The first kappa shape index (κ1) is 19.3. The van der Waals surface area contributed by atoms with E-state index < -0.39 is 5.25 Å². The number of rotatable bonds is 7. The van der Waals surface area contributed by atoms with Crippen LogP contribution in [0.15, 0.2) is 29.2 Å². The molecule has 0 saturated heterocycles. The summed E-state index contributed by atoms with van der Waals surface area (Å²) in [5.74, 6) is -0.352. The number of carbonyl (C=O) groups is 3. The minimum Gasteiger partial charge on any atom is -0.469 e. The maximum Gasteiger partial charge on any atom is 0.307 e. The van der Waals surface area contributed by atoms with E-state index in [1.807, 2.05) is 38.1 Å². The Bertz CT molecular complexity index is 648. The van der Waals surface area contributed by atoms with E-state index in [-0.39, 0.29) is 36.5 Å². The van der Waals surface area contributed by atoms with Crippen LogP contribution in [-0.4, -0.2) is 48.1 Å². The first-order chi connectivity index (χ1) is 11.9. The lowest BCUT2D eigenvalue weighted by atomic mass is 10.1. The SMILES string of the molecule is COC(=O)CCN(CC(C)C)C(=O)CC1Sc2ccccc2NC1=O. The van der Waals surface area contributed by atoms with Gasteiger partial charge in [0.25, 0.3) is 0 Å². The Balaban J connectivity index is 2.01. The predicted octanol–water partition coefficient (Wildman–Crippen LogP) is 2.54. The zero-order valence-corrected chi connectivity index (χ0v) is 15.6. The number of nitrogens with one attached hydrogen (secondary N) is 1. The third-order valence-electron chi connectivity index (χ3n) is 3.82. The van der Waals surface area contributed by atoms with Crippen LogP contribution in [0.25, 0.3) is 0 Å². The van der Waals surface area contributed by atoms with Crippen molar-refractivity contribution < 1.29 is 19.1 Å². The molecule has 0 radical (unpaired) electrons. The lowest BCUT2D eigenvalue weighted by Crippen LogP contribution is -2.40. The average molecular weight is 364 g/mol. The minimum atomic E-state index is -0.463. The summed E-state index contributed by atoms with van der Waals surface area (Å²) in [4.78, 5) is 38.9. The molecular formula is C18H24N2O4S. The fourth-order valence-corrected chi connectivity index (χ4v) is 3.70. The molecule has 1 aromatic rings. The zero-order valence-electron chi connectivity index (χ0n) is 14.8. The zero-order chi connectivity index (χ0) is 18.4. The fourth-order valence-electron chi connectivity index (χ4n) is 2.60. The molecule has 1 heterocycles. The molecule has 0 bridgehead atoms. The van der Waals surface area contributed by atoms with Gasteiger partial charge in [0.2, 0.25) is 11.8 Å². The van der Waals surface area contributed by atoms with Gasteiger partial charge in [0.05, 0.1) is 24.5 Å². The Hall–Kier alpha value is -2.02. The molecule has 0 fully saturated rings. The van der Waals surface area contributed by atoms with Gasteiger partial charge in [0, 0.05) is 24.4 Å². The number of fused-ring (bicyclic) bond motifs is 1. The number of benzene rings is 1. The Kier molecular flexibility index (Phi) is 6.87. The summed E-state index contributed by atoms with van der Waals surface area (Å²) in [7, 11) is 1.33. The first-order valence-electron chi connectivity index (χ1n) is 8.31. The van der Waals surface area contributed by atoms with E-state index in [2.05, 4.69) is 10.1 Å². The van der Waals surface area contributed by atoms with Gasteiger partial charge < -0.3 is 15.0 Å². The Morgan fingerprint density at radius 2 is 2.04 bits per heavy atom. The summed E-state index contributed by atoms with van der Waals surface area (Å²) < 4.78 is 4.65. The number of para-hydroxylation sites is 1. The van der Waals surface area contributed by atoms with Crippen molar-refractivity contribution in [1.82, 2.24) is 4.90 Å². The van der Waals surface area contributed by atoms with Crippen LogP contribution in [0, 0.1) is 5.92 Å². The van der Waals surface area contributed by atoms with Gasteiger partial charge >= 0.3 is 5.97 Å². The predicted molar refractivity (Wildman–Crippen MR) is 97.4 cm³/mol. The molecule has 25 heavy (non-hydrogen) atoms. The number of amides is 2. The van der Waals surface area contributed by atoms with Gasteiger partial charge in [-0.1, -0.05) is 26.0 Å². The van der Waals surface area contributed by atoms with E-state index in [1.165, 1.54) is 18.9 Å². The maximum atomic E-state index is 12.7. The molecule has 0 saturated carbocycles. The van der Waals surface area contributed by atoms with Crippen LogP contribution in [0.4, 0.5) is 5.69 Å². The van der Waals surface area contributed by atoms with Crippen molar-refractivity contribution in [2.75, 3.05) is 25.5 Å². The Labute approximate surface area is 152 Å². The van der Waals surface area contributed by atoms with Gasteiger partial charge in [0.15, 0.2) is 0 Å². The van der Waals surface area contributed by atoms with Crippen LogP contribution in [0.5, 0.6) is 0 Å². The van der Waals surface area contributed by atoms with E-state index >= 15 is 0 Å². The molecule has 0 aromatic heterocycles. The third kappa shape index (κ3) is 5.49. The highest BCUT2D eigenvalue weighted by molar-refractivity contribution is 8.01. The quantitative estimate of drug-likeness (QED) is 0.753. The van der Waals surface area contributed by atoms with Gasteiger partial charge in [-0.2, -0.15) is 0 Å². The molecule has 1 unspecified atom stereocenters. The highest BCUT2D eigenvalue weighted by Gasteiger charge is 2.30. The van der Waals surface area contributed by atoms with Gasteiger partial charge in [-0.05, 0) is 18.1 Å². The molecule has 2 rings (SSSR count). The van der Waals surface area contributed by atoms with E-state index in [9.17, 15) is 14.4 Å². The fraction of sp³-hybridized carbons (Fsp3) is 0.500. The molecule has 136 valence electrons. The van der Waals surface area contributed by atoms with Crippen molar-refractivity contribution in [3.05, 3.63) is 24.3 Å². The summed E-state index contributed by atoms with van der Waals surface area (Å²) >= 11 is 1.41. The number of esters is 1. The van der Waals surface area contributed by atoms with E-state index in [4.69, 9.17) is 0 Å². The normalized spacial score (nSPS) is 16.2. The molecule has 1 aliphatic heterocycles. The summed E-state index contributed by atoms with van der Waals surface area (Å²) in [6.45, 7) is 4.87. The molecular weight excluding hydrogens is 340 g/mol. The van der Waals surface area contributed by atoms with Crippen LogP contribution >= 0.6 is 11.8 Å². The molecule has 1 atom stereocenters. The number of methoxy groups -OCH3 is 1. The van der Waals surface area contributed by atoms with Crippen molar-refractivity contribution in [2.45, 2.75) is 36.8 Å². The Morgan fingerprint density at radius 1 is 1.32 bits per heavy atom. The van der Waals surface area contributed by atoms with E-state index in [1.54, 1.807) is 4.90 Å². The van der Waals surface area contributed by atoms with Crippen LogP contribution in [0.2, 0.25) is 0 Å². The lowest BCUT2D eigenvalue weighted by molar-refractivity contribution is -0.142. The van der Waals surface area contributed by atoms with Crippen molar-refractivity contribution >= 4 is 35.2 Å². The van der Waals surface area contributed by atoms with E-state index in [0.717, 1.165) is 10.6 Å². The number of thioether (sulfide) groups is 1. The number of anilines is 1. The number of carbonyl (C=O) groups excluding carboxylic acids is 3. The minimum absolute atomic E-state index is 0.110. The van der Waals surface area contributed by atoms with Gasteiger partial charge in [0.1, 0.15) is 0 Å². The molecule has 6 nitrogen and oxygen atoms in total. The van der Waals surface area contributed by atoms with Crippen molar-refractivity contribution in [3.8, 4) is 0 Å². The molecule has 2 amide bonds. The third-order valence-corrected chi connectivity index (χ3v) is 5.09. The lowest BCUT2D eigenvalue weighted by Gasteiger charge is -2.28. The topological polar surface area (TPSA) is 75.7 Å². The molecule has 1 aliphatic rings. The summed E-state index contributed by atoms with van der Waals surface area (Å²) in [6.07, 6.45) is 0.264. The first-order valence-corrected chi connectivity index (χ1v) is 9.19. The number of ether oxygens (including phenoxy) is 1. The van der Waals surface area contributed by atoms with Crippen molar-refractivity contribution in [2.24, 2.45) is 5.92 Å². The van der Waals surface area contributed by atoms with Gasteiger partial charge in [-0.25, -0.2) is 0 Å². The molecule has 1 N–H and O–H groups in total. The number of hydrogen-bond donors (Lipinski definition) is 1. The van der Waals surface area contributed by atoms with Gasteiger partial charge in [-0.15, -0.1) is 11.8 Å². The molecule has 7 heteroatoms. The van der Waals surface area contributed by atoms with Crippen molar-refractivity contribution in [1.29, 1.82) is 0 Å². The van der Waals surface area contributed by atoms with E-state index in [0.29, 0.717) is 13.1 Å². The van der Waals surface area contributed by atoms with Crippen LogP contribution in [0.3, 0.4) is 0 Å². The van der Waals surface area contributed by atoms with Gasteiger partial charge in [-0.3, -0.25) is 14.4 Å². The second-order valence-electron chi connectivity index (χ2n) is 6.36. The summed E-state index contributed by atoms with van der Waals surface area (Å²) in [5.41, 5.74) is 0.783. The highest BCUT2D eigenvalue weighted by Crippen LogP contribution is 2.36. The monoisotopic (exact) mass is 364 g/mol. The number of hydrogen-bond acceptors (Lipinski definition) is 5. The molecule has 1 aromatic carbocycles. The highest BCUT2D eigenvalue weighted by atomic mass is 32.2. The van der Waals surface area contributed by atoms with Crippen LogP contribution in [0.1, 0.15) is 26.7 Å². The molecule has 0 aliphatic carbocycles. The largest absolute Gasteiger partial charge is 0.469 e. The summed E-state index contributed by atoms with van der Waals surface area (Å²) in [5, 5.41) is 2.39. The van der Waals surface area contributed by atoms with Crippen LogP contribution in [-0.2, 0) is 19.1 Å². The second kappa shape index (κ2) is 8.89. The number of nitrogens with zero attached hydrogens (tertiary/aromatic N) is 1. The van der Waals surface area contributed by atoms with Crippen LogP contribution < -0.4 is 5.32 Å². The standard InChI is InChI=1S/C18H24N2O4S/c1-12(2)11-20(9-8-17(22)24-3)16(21)10-15-18(23)19-13-6-4-5-7-14(13)25-15/h4-7,12,15H,8-11H2,1-3H3,(H,19,23). The average Bonchev–Trinajstić information content (AvgIpc) is 2.58. The molecule has 0 spiro atoms. The van der Waals surface area contributed by atoms with Crippen molar-refractivity contribution in [3.63, 3.8) is 0 Å². The Morgan fingerprint density at radius 3 is 2.72 bits per heavy atom.